The van der Waals surface area contributed by atoms with E-state index in [1.807, 2.05) is 0 Å². The zero-order valence-corrected chi connectivity index (χ0v) is 7.22. The second-order valence-electron chi connectivity index (χ2n) is 0.991. The van der Waals surface area contributed by atoms with Gasteiger partial charge in [0.15, 0.2) is 0 Å². The molecule has 0 unspecified atom stereocenters. The van der Waals surface area contributed by atoms with Gasteiger partial charge in [-0.3, -0.25) is 9.97 Å². The standard InChI is InChI=1S/C4H4N2.BO2.Mg.H2O/c1-2-6-4-3-5-1;2-1-3;;/h1-4H;;;1H2/q;-2;+2;. The quantitative estimate of drug-likeness (QED) is 0.372. The molecule has 0 saturated heterocycles. The minimum atomic E-state index is -0.500. The smallest absolute Gasteiger partial charge is 0.900 e. The minimum Gasteiger partial charge on any atom is -0.900 e. The molecule has 5 nitrogen and oxygen atoms in total. The second kappa shape index (κ2) is 16.4. The van der Waals surface area contributed by atoms with Crippen LogP contribution in [-0.2, 0) is 0 Å². The molecule has 1 aromatic heterocycles. The van der Waals surface area contributed by atoms with Gasteiger partial charge >= 0.3 is 23.1 Å². The zero-order valence-electron chi connectivity index (χ0n) is 5.80. The molecule has 1 aromatic rings. The third-order valence-corrected chi connectivity index (χ3v) is 0.478. The monoisotopic (exact) mass is 165 g/mol. The van der Waals surface area contributed by atoms with Crippen molar-refractivity contribution in [1.82, 2.24) is 9.97 Å². The van der Waals surface area contributed by atoms with Crippen LogP contribution >= 0.6 is 0 Å². The van der Waals surface area contributed by atoms with E-state index in [1.54, 1.807) is 24.8 Å². The van der Waals surface area contributed by atoms with Gasteiger partial charge in [-0.05, 0) is 0 Å². The van der Waals surface area contributed by atoms with Crippen LogP contribution in [0.4, 0.5) is 0 Å². The SMILES string of the molecule is O.[Mg+2].[O-][B][O-].c1cnccn1. The maximum atomic E-state index is 8.25. The van der Waals surface area contributed by atoms with E-state index >= 15 is 0 Å². The molecule has 0 fully saturated rings. The van der Waals surface area contributed by atoms with Crippen molar-refractivity contribution in [3.8, 4) is 0 Å². The first-order chi connectivity index (χ1) is 4.41. The van der Waals surface area contributed by atoms with Crippen LogP contribution in [-0.4, -0.2) is 46.2 Å². The first kappa shape index (κ1) is 17.0. The van der Waals surface area contributed by atoms with Crippen LogP contribution < -0.4 is 10.0 Å². The summed E-state index contributed by atoms with van der Waals surface area (Å²) in [4.78, 5) is 7.44. The van der Waals surface area contributed by atoms with Crippen LogP contribution in [0.15, 0.2) is 24.8 Å². The van der Waals surface area contributed by atoms with E-state index in [0.29, 0.717) is 0 Å². The molecule has 0 aromatic carbocycles. The Morgan fingerprint density at radius 2 is 1.09 bits per heavy atom. The van der Waals surface area contributed by atoms with Gasteiger partial charge in [0.05, 0.1) is 0 Å². The Hall–Kier alpha value is -0.209. The predicted molar refractivity (Wildman–Crippen MR) is 37.2 cm³/mol. The molecule has 1 rings (SSSR count). The summed E-state index contributed by atoms with van der Waals surface area (Å²) in [6.07, 6.45) is 6.56. The van der Waals surface area contributed by atoms with Crippen LogP contribution in [0.3, 0.4) is 0 Å². The summed E-state index contributed by atoms with van der Waals surface area (Å²) in [6.45, 7) is 0. The molecule has 0 aliphatic rings. The molecule has 55 valence electrons. The fraction of sp³-hybridized carbons (Fsp3) is 0. The molecule has 0 atom stereocenters. The summed E-state index contributed by atoms with van der Waals surface area (Å²) in [7, 11) is -0.500. The van der Waals surface area contributed by atoms with Crippen molar-refractivity contribution in [3.05, 3.63) is 24.8 Å². The molecule has 2 N–H and O–H groups in total. The van der Waals surface area contributed by atoms with Crippen LogP contribution in [0, 0.1) is 0 Å². The topological polar surface area (TPSA) is 103 Å². The van der Waals surface area contributed by atoms with E-state index in [9.17, 15) is 0 Å². The van der Waals surface area contributed by atoms with E-state index in [0.717, 1.165) is 0 Å². The zero-order chi connectivity index (χ0) is 6.95. The Balaban J connectivity index is -0.000000116. The van der Waals surface area contributed by atoms with E-state index in [1.165, 1.54) is 0 Å². The van der Waals surface area contributed by atoms with Gasteiger partial charge in [0, 0.05) is 24.8 Å². The number of hydrogen-bond donors (Lipinski definition) is 0. The van der Waals surface area contributed by atoms with E-state index < -0.39 is 7.69 Å². The molecule has 0 saturated carbocycles. The first-order valence-electron chi connectivity index (χ1n) is 2.17. The Bertz CT molecular complexity index is 106. The first-order valence-corrected chi connectivity index (χ1v) is 2.17. The van der Waals surface area contributed by atoms with E-state index in [2.05, 4.69) is 9.97 Å². The maximum absolute atomic E-state index is 8.25. The third-order valence-electron chi connectivity index (χ3n) is 0.478. The number of hydrogen-bond acceptors (Lipinski definition) is 4. The molecule has 1 heterocycles. The van der Waals surface area contributed by atoms with Crippen molar-refractivity contribution in [2.75, 3.05) is 0 Å². The maximum Gasteiger partial charge on any atom is 2.00 e. The van der Waals surface area contributed by atoms with Crippen molar-refractivity contribution < 1.29 is 15.5 Å². The Kier molecular flexibility index (Phi) is 25.4. The van der Waals surface area contributed by atoms with Crippen molar-refractivity contribution in [3.63, 3.8) is 0 Å². The van der Waals surface area contributed by atoms with E-state index in [4.69, 9.17) is 10.0 Å². The van der Waals surface area contributed by atoms with Gasteiger partial charge in [0.2, 0.25) is 0 Å². The fourth-order valence-electron chi connectivity index (χ4n) is 0.253. The normalized spacial score (nSPS) is 5.64. The molecule has 11 heavy (non-hydrogen) atoms. The average molecular weight is 165 g/mol. The molecule has 1 radical (unpaired) electrons. The largest absolute Gasteiger partial charge is 2.00 e. The fourth-order valence-corrected chi connectivity index (χ4v) is 0.253. The molecule has 0 spiro atoms. The number of rotatable bonds is 0. The van der Waals surface area contributed by atoms with Crippen LogP contribution in [0.5, 0.6) is 0 Å². The van der Waals surface area contributed by atoms with Gasteiger partial charge in [-0.1, -0.05) is 0 Å². The Morgan fingerprint density at radius 1 is 0.909 bits per heavy atom. The Labute approximate surface area is 81.3 Å². The van der Waals surface area contributed by atoms with E-state index in [-0.39, 0.29) is 28.5 Å². The van der Waals surface area contributed by atoms with Gasteiger partial charge in [-0.15, -0.1) is 0 Å². The van der Waals surface area contributed by atoms with Gasteiger partial charge in [-0.25, -0.2) is 7.69 Å². The molecule has 0 aliphatic heterocycles. The van der Waals surface area contributed by atoms with Crippen LogP contribution in [0.2, 0.25) is 0 Å². The average Bonchev–Trinajstić information content (AvgIpc) is 1.93. The summed E-state index contributed by atoms with van der Waals surface area (Å²) in [5.74, 6) is 0. The summed E-state index contributed by atoms with van der Waals surface area (Å²) < 4.78 is 0. The number of nitrogens with zero attached hydrogens (tertiary/aromatic N) is 2. The van der Waals surface area contributed by atoms with Crippen molar-refractivity contribution in [2.45, 2.75) is 0 Å². The van der Waals surface area contributed by atoms with Crippen molar-refractivity contribution in [1.29, 1.82) is 0 Å². The second-order valence-corrected chi connectivity index (χ2v) is 0.991. The molecule has 7 heteroatoms. The van der Waals surface area contributed by atoms with Gasteiger partial charge in [0.25, 0.3) is 0 Å². The third kappa shape index (κ3) is 17.7. The van der Waals surface area contributed by atoms with Crippen LogP contribution in [0.25, 0.3) is 0 Å². The molecule has 0 bridgehead atoms. The Morgan fingerprint density at radius 3 is 1.18 bits per heavy atom. The number of aromatic nitrogens is 2. The predicted octanol–water partition coefficient (Wildman–Crippen LogP) is -3.49. The van der Waals surface area contributed by atoms with Gasteiger partial charge in [0.1, 0.15) is 0 Å². The summed E-state index contributed by atoms with van der Waals surface area (Å²) >= 11 is 0. The minimum absolute atomic E-state index is 0. The summed E-state index contributed by atoms with van der Waals surface area (Å²) in [6, 6.07) is 0. The van der Waals surface area contributed by atoms with Crippen LogP contribution in [0.1, 0.15) is 0 Å². The molecule has 0 aliphatic carbocycles. The molecular weight excluding hydrogens is 159 g/mol. The van der Waals surface area contributed by atoms with Crippen molar-refractivity contribution >= 4 is 30.7 Å². The summed E-state index contributed by atoms with van der Waals surface area (Å²) in [5.41, 5.74) is 0. The van der Waals surface area contributed by atoms with Gasteiger partial charge < -0.3 is 15.5 Å². The summed E-state index contributed by atoms with van der Waals surface area (Å²) in [5, 5.41) is 16.5. The molecule has 0 amide bonds. The van der Waals surface area contributed by atoms with Gasteiger partial charge in [-0.2, -0.15) is 0 Å². The molecular formula is C4H6BMgN2O3. The van der Waals surface area contributed by atoms with Crippen molar-refractivity contribution in [2.24, 2.45) is 0 Å².